The fourth-order valence-electron chi connectivity index (χ4n) is 4.22. The molecule has 31 heavy (non-hydrogen) atoms. The number of alkyl halides is 3. The molecule has 4 nitrogen and oxygen atoms in total. The molecular weight excluding hydrogens is 412 g/mol. The van der Waals surface area contributed by atoms with Crippen molar-refractivity contribution in [1.29, 1.82) is 0 Å². The van der Waals surface area contributed by atoms with Crippen molar-refractivity contribution >= 4 is 17.4 Å². The van der Waals surface area contributed by atoms with E-state index in [1.54, 1.807) is 30.1 Å². The molecule has 2 aromatic carbocycles. The Morgan fingerprint density at radius 1 is 1.16 bits per heavy atom. The molecule has 1 heterocycles. The van der Waals surface area contributed by atoms with Gasteiger partial charge in [-0.3, -0.25) is 9.80 Å². The van der Waals surface area contributed by atoms with E-state index in [0.717, 1.165) is 18.5 Å². The number of hydrogen-bond acceptors (Lipinski definition) is 4. The van der Waals surface area contributed by atoms with Gasteiger partial charge in [0.05, 0.1) is 23.4 Å². The van der Waals surface area contributed by atoms with Crippen LogP contribution in [-0.2, 0) is 9.53 Å². The first-order valence-corrected chi connectivity index (χ1v) is 10.1. The molecular formula is C23H22F4N2O2. The molecule has 0 bridgehead atoms. The van der Waals surface area contributed by atoms with E-state index in [9.17, 15) is 22.4 Å². The van der Waals surface area contributed by atoms with Crippen LogP contribution in [0.15, 0.2) is 59.7 Å². The van der Waals surface area contributed by atoms with E-state index < -0.39 is 30.1 Å². The second kappa shape index (κ2) is 7.98. The Morgan fingerprint density at radius 2 is 1.81 bits per heavy atom. The number of carbonyl (C=O) groups is 1. The van der Waals surface area contributed by atoms with E-state index >= 15 is 0 Å². The van der Waals surface area contributed by atoms with Crippen molar-refractivity contribution in [3.63, 3.8) is 0 Å². The van der Waals surface area contributed by atoms with Gasteiger partial charge < -0.3 is 4.74 Å². The van der Waals surface area contributed by atoms with Crippen LogP contribution in [0.1, 0.15) is 31.7 Å². The van der Waals surface area contributed by atoms with Crippen LogP contribution in [0.4, 0.5) is 23.2 Å². The summed E-state index contributed by atoms with van der Waals surface area (Å²) in [7, 11) is 0. The fraction of sp³-hybridized carbons (Fsp3) is 0.391. The summed E-state index contributed by atoms with van der Waals surface area (Å²) in [5, 5.41) is 6.54. The molecule has 4 rings (SSSR count). The zero-order valence-electron chi connectivity index (χ0n) is 16.9. The highest BCUT2D eigenvalue weighted by Crippen LogP contribution is 2.58. The number of anilines is 1. The van der Waals surface area contributed by atoms with Crippen LogP contribution in [0.25, 0.3) is 0 Å². The first kappa shape index (κ1) is 21.3. The van der Waals surface area contributed by atoms with Crippen LogP contribution in [0.2, 0.25) is 0 Å². The predicted octanol–water partition coefficient (Wildman–Crippen LogP) is 5.33. The number of nitrogens with zero attached hydrogens (tertiary/aromatic N) is 2. The van der Waals surface area contributed by atoms with Crippen molar-refractivity contribution in [2.75, 3.05) is 11.6 Å². The number of hydrazone groups is 1. The van der Waals surface area contributed by atoms with E-state index in [2.05, 4.69) is 4.74 Å². The molecule has 1 fully saturated rings. The normalized spacial score (nSPS) is 20.5. The molecule has 0 saturated heterocycles. The minimum atomic E-state index is -4.57. The average molecular weight is 434 g/mol. The van der Waals surface area contributed by atoms with Gasteiger partial charge in [-0.15, -0.1) is 0 Å². The maximum Gasteiger partial charge on any atom is 0.422 e. The molecule has 0 aromatic heterocycles. The highest BCUT2D eigenvalue weighted by molar-refractivity contribution is 6.09. The van der Waals surface area contributed by atoms with Crippen molar-refractivity contribution in [1.82, 2.24) is 0 Å². The molecule has 1 aliphatic carbocycles. The number of esters is 1. The maximum atomic E-state index is 14.6. The monoisotopic (exact) mass is 434 g/mol. The van der Waals surface area contributed by atoms with Gasteiger partial charge in [-0.2, -0.15) is 18.3 Å². The molecule has 8 heteroatoms. The van der Waals surface area contributed by atoms with Gasteiger partial charge in [0.2, 0.25) is 0 Å². The van der Waals surface area contributed by atoms with Gasteiger partial charge in [0, 0.05) is 11.0 Å². The van der Waals surface area contributed by atoms with Crippen molar-refractivity contribution in [2.45, 2.75) is 38.4 Å². The maximum absolute atomic E-state index is 14.6. The Bertz CT molecular complexity index is 987. The van der Waals surface area contributed by atoms with Gasteiger partial charge in [-0.25, -0.2) is 4.39 Å². The predicted molar refractivity (Wildman–Crippen MR) is 108 cm³/mol. The molecule has 0 amide bonds. The topological polar surface area (TPSA) is 41.9 Å². The minimum absolute atomic E-state index is 0.243. The van der Waals surface area contributed by atoms with Gasteiger partial charge in [0.15, 0.2) is 6.61 Å². The standard InChI is InChI=1S/C23H22F4N2O2/c1-15(21(30)31-14-23(25,26)27)13-19-22(11-12-22)20(17-9-5-6-10-18(17)24)28-29(19)16-7-3-2-4-8-16/h2-10,15,19H,11-14H2,1H3. The minimum Gasteiger partial charge on any atom is -0.456 e. The van der Waals surface area contributed by atoms with Crippen LogP contribution in [0.5, 0.6) is 0 Å². The molecule has 1 saturated carbocycles. The molecule has 2 aliphatic rings. The van der Waals surface area contributed by atoms with Crippen LogP contribution < -0.4 is 5.01 Å². The second-order valence-corrected chi connectivity index (χ2v) is 8.14. The molecule has 0 N–H and O–H groups in total. The lowest BCUT2D eigenvalue weighted by Gasteiger charge is -2.30. The van der Waals surface area contributed by atoms with Gasteiger partial charge in [0.1, 0.15) is 5.82 Å². The van der Waals surface area contributed by atoms with Crippen molar-refractivity contribution in [2.24, 2.45) is 16.4 Å². The lowest BCUT2D eigenvalue weighted by molar-refractivity contribution is -0.189. The van der Waals surface area contributed by atoms with Crippen LogP contribution in [-0.4, -0.2) is 30.5 Å². The largest absolute Gasteiger partial charge is 0.456 e. The summed E-state index contributed by atoms with van der Waals surface area (Å²) >= 11 is 0. The zero-order valence-corrected chi connectivity index (χ0v) is 16.9. The summed E-state index contributed by atoms with van der Waals surface area (Å²) < 4.78 is 56.4. The summed E-state index contributed by atoms with van der Waals surface area (Å²) in [6.07, 6.45) is -2.80. The lowest BCUT2D eigenvalue weighted by atomic mass is 9.83. The summed E-state index contributed by atoms with van der Waals surface area (Å²) in [5.41, 5.74) is 1.36. The summed E-state index contributed by atoms with van der Waals surface area (Å²) in [6, 6.07) is 15.4. The van der Waals surface area contributed by atoms with E-state index in [1.165, 1.54) is 6.07 Å². The Balaban J connectivity index is 1.63. The smallest absolute Gasteiger partial charge is 0.422 e. The number of halogens is 4. The highest BCUT2D eigenvalue weighted by atomic mass is 19.4. The van der Waals surface area contributed by atoms with Crippen LogP contribution in [0, 0.1) is 17.2 Å². The SMILES string of the molecule is CC(CC1N(c2ccccc2)N=C(c2ccccc2F)C12CC2)C(=O)OCC(F)(F)F. The van der Waals surface area contributed by atoms with Crippen molar-refractivity contribution < 1.29 is 27.1 Å². The number of benzene rings is 2. The zero-order chi connectivity index (χ0) is 22.2. The van der Waals surface area contributed by atoms with Gasteiger partial charge in [-0.05, 0) is 37.5 Å². The van der Waals surface area contributed by atoms with Crippen LogP contribution in [0.3, 0.4) is 0 Å². The number of rotatable bonds is 6. The van der Waals surface area contributed by atoms with Crippen molar-refractivity contribution in [3.05, 3.63) is 66.0 Å². The number of carbonyl (C=O) groups excluding carboxylic acids is 1. The third-order valence-electron chi connectivity index (χ3n) is 5.91. The third-order valence-corrected chi connectivity index (χ3v) is 5.91. The molecule has 1 spiro atoms. The third kappa shape index (κ3) is 4.29. The summed E-state index contributed by atoms with van der Waals surface area (Å²) in [5.74, 6) is -2.05. The fourth-order valence-corrected chi connectivity index (χ4v) is 4.22. The molecule has 2 aromatic rings. The molecule has 2 atom stereocenters. The van der Waals surface area contributed by atoms with E-state index in [0.29, 0.717) is 11.3 Å². The first-order chi connectivity index (χ1) is 14.7. The molecule has 164 valence electrons. The average Bonchev–Trinajstić information content (AvgIpc) is 3.47. The van der Waals surface area contributed by atoms with E-state index in [4.69, 9.17) is 5.10 Å². The lowest BCUT2D eigenvalue weighted by Crippen LogP contribution is -2.38. The Hall–Kier alpha value is -2.90. The van der Waals surface area contributed by atoms with Gasteiger partial charge >= 0.3 is 12.1 Å². The molecule has 1 aliphatic heterocycles. The summed E-state index contributed by atoms with van der Waals surface area (Å²) in [4.78, 5) is 12.2. The molecule has 0 radical (unpaired) electrons. The van der Waals surface area contributed by atoms with Gasteiger partial charge in [0.25, 0.3) is 0 Å². The quantitative estimate of drug-likeness (QED) is 0.456. The van der Waals surface area contributed by atoms with Crippen LogP contribution >= 0.6 is 0 Å². The summed E-state index contributed by atoms with van der Waals surface area (Å²) in [6.45, 7) is -0.0512. The Labute approximate surface area is 177 Å². The number of para-hydroxylation sites is 1. The molecule has 2 unspecified atom stereocenters. The van der Waals surface area contributed by atoms with Crippen molar-refractivity contribution in [3.8, 4) is 0 Å². The van der Waals surface area contributed by atoms with Gasteiger partial charge in [-0.1, -0.05) is 43.3 Å². The number of hydrogen-bond donors (Lipinski definition) is 0. The Kier molecular flexibility index (Phi) is 5.49. The second-order valence-electron chi connectivity index (χ2n) is 8.14. The number of ether oxygens (including phenoxy) is 1. The van der Waals surface area contributed by atoms with E-state index in [1.807, 2.05) is 30.3 Å². The highest BCUT2D eigenvalue weighted by Gasteiger charge is 2.60. The first-order valence-electron chi connectivity index (χ1n) is 10.1. The Morgan fingerprint density at radius 3 is 2.42 bits per heavy atom. The van der Waals surface area contributed by atoms with E-state index in [-0.39, 0.29) is 18.3 Å².